The zero-order valence-corrected chi connectivity index (χ0v) is 20.0. The Balaban J connectivity index is 1.47. The number of esters is 1. The van der Waals surface area contributed by atoms with Gasteiger partial charge in [-0.25, -0.2) is 9.59 Å². The fraction of sp³-hybridized carbons (Fsp3) is 0.207. The van der Waals surface area contributed by atoms with Crippen LogP contribution in [0.4, 0.5) is 4.79 Å². The minimum Gasteiger partial charge on any atom is -0.467 e. The molecule has 0 unspecified atom stereocenters. The number of hydrogen-bond donors (Lipinski definition) is 1. The van der Waals surface area contributed by atoms with Crippen LogP contribution >= 0.6 is 0 Å². The molecular weight excluding hydrogens is 456 g/mol. The van der Waals surface area contributed by atoms with E-state index in [0.29, 0.717) is 5.56 Å². The summed E-state index contributed by atoms with van der Waals surface area (Å²) in [5, 5.41) is 2.64. The van der Waals surface area contributed by atoms with E-state index in [1.165, 1.54) is 7.11 Å². The van der Waals surface area contributed by atoms with Crippen LogP contribution in [0.3, 0.4) is 0 Å². The van der Waals surface area contributed by atoms with Crippen LogP contribution in [-0.4, -0.2) is 48.7 Å². The number of nitrogens with zero attached hydrogens (tertiary/aromatic N) is 1. The molecule has 2 atom stereocenters. The average Bonchev–Trinajstić information content (AvgIpc) is 3.23. The molecule has 0 spiro atoms. The van der Waals surface area contributed by atoms with Crippen molar-refractivity contribution in [3.63, 3.8) is 0 Å². The number of alkyl carbamates (subject to hydrolysis) is 1. The van der Waals surface area contributed by atoms with Crippen molar-refractivity contribution in [1.29, 1.82) is 0 Å². The van der Waals surface area contributed by atoms with E-state index in [0.717, 1.165) is 27.2 Å². The Hall–Kier alpha value is -4.57. The SMILES string of the molecule is C#CN(C(=O)c1ccccc1)[C@H](C(=O)OC)[C@H](C)NC(=O)OCC1c2ccccc2-c2ccccc21. The summed E-state index contributed by atoms with van der Waals surface area (Å²) in [6.07, 6.45) is 4.87. The number of fused-ring (bicyclic) bond motifs is 3. The molecular formula is C29H26N2O5. The standard InChI is InChI=1S/C29H26N2O5/c1-4-31(27(32)20-12-6-5-7-13-20)26(28(33)35-3)19(2)30-29(34)36-18-25-23-16-10-8-14-21(23)22-15-9-11-17-24(22)25/h1,5-17,19,25-26H,18H2,2-3H3,(H,30,34)/t19-,26-/m0/s1. The zero-order chi connectivity index (χ0) is 25.7. The van der Waals surface area contributed by atoms with Gasteiger partial charge in [0.15, 0.2) is 6.04 Å². The van der Waals surface area contributed by atoms with Crippen LogP contribution in [0.15, 0.2) is 78.9 Å². The Kier molecular flexibility index (Phi) is 7.36. The van der Waals surface area contributed by atoms with Crippen LogP contribution in [0.25, 0.3) is 11.1 Å². The normalized spacial score (nSPS) is 13.4. The molecule has 4 rings (SSSR count). The molecule has 1 aliphatic carbocycles. The second-order valence-electron chi connectivity index (χ2n) is 8.40. The van der Waals surface area contributed by atoms with Gasteiger partial charge in [0, 0.05) is 17.5 Å². The van der Waals surface area contributed by atoms with E-state index in [1.807, 2.05) is 36.4 Å². The minimum atomic E-state index is -1.26. The molecule has 3 aromatic carbocycles. The van der Waals surface area contributed by atoms with Crippen molar-refractivity contribution in [3.8, 4) is 23.6 Å². The highest BCUT2D eigenvalue weighted by atomic mass is 16.5. The van der Waals surface area contributed by atoms with Gasteiger partial charge < -0.3 is 14.8 Å². The number of benzene rings is 3. The second-order valence-corrected chi connectivity index (χ2v) is 8.40. The fourth-order valence-corrected chi connectivity index (χ4v) is 4.54. The van der Waals surface area contributed by atoms with Crippen molar-refractivity contribution in [2.24, 2.45) is 0 Å². The first kappa shape index (κ1) is 24.6. The van der Waals surface area contributed by atoms with Crippen molar-refractivity contribution in [2.45, 2.75) is 24.9 Å². The molecule has 1 N–H and O–H groups in total. The molecule has 7 heteroatoms. The van der Waals surface area contributed by atoms with E-state index in [1.54, 1.807) is 37.3 Å². The predicted molar refractivity (Wildman–Crippen MR) is 135 cm³/mol. The molecule has 0 bridgehead atoms. The largest absolute Gasteiger partial charge is 0.467 e. The van der Waals surface area contributed by atoms with E-state index >= 15 is 0 Å². The quantitative estimate of drug-likeness (QED) is 0.310. The molecule has 0 radical (unpaired) electrons. The van der Waals surface area contributed by atoms with E-state index in [9.17, 15) is 14.4 Å². The molecule has 0 heterocycles. The van der Waals surface area contributed by atoms with Gasteiger partial charge in [0.2, 0.25) is 0 Å². The van der Waals surface area contributed by atoms with Gasteiger partial charge in [0.25, 0.3) is 5.91 Å². The third-order valence-corrected chi connectivity index (χ3v) is 6.26. The molecule has 0 saturated heterocycles. The summed E-state index contributed by atoms with van der Waals surface area (Å²) < 4.78 is 10.5. The van der Waals surface area contributed by atoms with Crippen molar-refractivity contribution in [1.82, 2.24) is 10.2 Å². The minimum absolute atomic E-state index is 0.108. The van der Waals surface area contributed by atoms with E-state index in [2.05, 4.69) is 23.5 Å². The monoisotopic (exact) mass is 482 g/mol. The van der Waals surface area contributed by atoms with Crippen LogP contribution in [0.2, 0.25) is 0 Å². The van der Waals surface area contributed by atoms with Gasteiger partial charge in [0.05, 0.1) is 13.2 Å². The first-order valence-corrected chi connectivity index (χ1v) is 11.5. The third-order valence-electron chi connectivity index (χ3n) is 6.26. The van der Waals surface area contributed by atoms with Gasteiger partial charge >= 0.3 is 12.1 Å². The summed E-state index contributed by atoms with van der Waals surface area (Å²) in [7, 11) is 1.19. The number of hydrogen-bond acceptors (Lipinski definition) is 5. The predicted octanol–water partition coefficient (Wildman–Crippen LogP) is 4.19. The highest BCUT2D eigenvalue weighted by molar-refractivity contribution is 5.98. The van der Waals surface area contributed by atoms with Crippen molar-refractivity contribution in [2.75, 3.05) is 13.7 Å². The van der Waals surface area contributed by atoms with Gasteiger partial charge in [0.1, 0.15) is 6.61 Å². The maximum Gasteiger partial charge on any atom is 0.407 e. The number of ether oxygens (including phenoxy) is 2. The lowest BCUT2D eigenvalue weighted by Gasteiger charge is -2.29. The van der Waals surface area contributed by atoms with E-state index in [-0.39, 0.29) is 12.5 Å². The number of carbonyl (C=O) groups is 3. The molecule has 1 aliphatic rings. The second kappa shape index (κ2) is 10.8. The Labute approximate surface area is 210 Å². The number of carbonyl (C=O) groups excluding carboxylic acids is 3. The van der Waals surface area contributed by atoms with Crippen LogP contribution in [-0.2, 0) is 14.3 Å². The van der Waals surface area contributed by atoms with Gasteiger partial charge in [-0.1, -0.05) is 73.2 Å². The van der Waals surface area contributed by atoms with Crippen molar-refractivity contribution < 1.29 is 23.9 Å². The summed E-state index contributed by atoms with van der Waals surface area (Å²) in [4.78, 5) is 39.3. The Morgan fingerprint density at radius 2 is 1.50 bits per heavy atom. The fourth-order valence-electron chi connectivity index (χ4n) is 4.54. The molecule has 0 saturated carbocycles. The summed E-state index contributed by atoms with van der Waals surface area (Å²) in [6.45, 7) is 1.67. The maximum absolute atomic E-state index is 13.0. The van der Waals surface area contributed by atoms with E-state index < -0.39 is 30.1 Å². The Morgan fingerprint density at radius 3 is 2.06 bits per heavy atom. The number of rotatable bonds is 7. The number of amides is 2. The average molecular weight is 483 g/mol. The van der Waals surface area contributed by atoms with Gasteiger partial charge in [-0.2, -0.15) is 0 Å². The van der Waals surface area contributed by atoms with Gasteiger partial charge in [-0.3, -0.25) is 9.69 Å². The summed E-state index contributed by atoms with van der Waals surface area (Å²) in [5.41, 5.74) is 4.70. The summed E-state index contributed by atoms with van der Waals surface area (Å²) >= 11 is 0. The van der Waals surface area contributed by atoms with Gasteiger partial charge in [-0.15, -0.1) is 0 Å². The first-order valence-electron chi connectivity index (χ1n) is 11.5. The lowest BCUT2D eigenvalue weighted by atomic mass is 9.98. The molecule has 0 aliphatic heterocycles. The Morgan fingerprint density at radius 1 is 0.944 bits per heavy atom. The van der Waals surface area contributed by atoms with Crippen molar-refractivity contribution >= 4 is 18.0 Å². The van der Waals surface area contributed by atoms with Crippen LogP contribution in [0.1, 0.15) is 34.3 Å². The highest BCUT2D eigenvalue weighted by Crippen LogP contribution is 2.44. The summed E-state index contributed by atoms with van der Waals surface area (Å²) in [6, 6.07) is 24.5. The highest BCUT2D eigenvalue weighted by Gasteiger charge is 2.37. The van der Waals surface area contributed by atoms with Crippen molar-refractivity contribution in [3.05, 3.63) is 95.6 Å². The summed E-state index contributed by atoms with van der Waals surface area (Å²) in [5.74, 6) is -1.44. The number of methoxy groups -OCH3 is 1. The van der Waals surface area contributed by atoms with Crippen LogP contribution < -0.4 is 5.32 Å². The lowest BCUT2D eigenvalue weighted by Crippen LogP contribution is -2.55. The molecule has 2 amide bonds. The Bertz CT molecular complexity index is 1270. The molecule has 0 aromatic heterocycles. The molecule has 36 heavy (non-hydrogen) atoms. The number of terminal acetylenes is 1. The van der Waals surface area contributed by atoms with E-state index in [4.69, 9.17) is 15.9 Å². The lowest BCUT2D eigenvalue weighted by molar-refractivity contribution is -0.145. The maximum atomic E-state index is 13.0. The van der Waals surface area contributed by atoms with Crippen LogP contribution in [0.5, 0.6) is 0 Å². The zero-order valence-electron chi connectivity index (χ0n) is 20.0. The third kappa shape index (κ3) is 4.80. The molecule has 3 aromatic rings. The topological polar surface area (TPSA) is 84.9 Å². The smallest absolute Gasteiger partial charge is 0.407 e. The number of nitrogens with one attached hydrogen (secondary N) is 1. The van der Waals surface area contributed by atoms with Crippen LogP contribution in [0, 0.1) is 12.5 Å². The molecule has 7 nitrogen and oxygen atoms in total. The molecule has 0 fully saturated rings. The molecule has 182 valence electrons. The first-order chi connectivity index (χ1) is 17.5. The van der Waals surface area contributed by atoms with Gasteiger partial charge in [-0.05, 0) is 41.3 Å².